The van der Waals surface area contributed by atoms with Gasteiger partial charge in [0.1, 0.15) is 6.04 Å². The van der Waals surface area contributed by atoms with Gasteiger partial charge in [0.2, 0.25) is 11.8 Å². The lowest BCUT2D eigenvalue weighted by atomic mass is 10.0. The van der Waals surface area contributed by atoms with Crippen LogP contribution in [0.15, 0.2) is 18.3 Å². The summed E-state index contributed by atoms with van der Waals surface area (Å²) in [6, 6.07) is 2.76. The molecule has 1 N–H and O–H groups in total. The van der Waals surface area contributed by atoms with Gasteiger partial charge in [0.05, 0.1) is 26.7 Å². The average Bonchev–Trinajstić information content (AvgIpc) is 3.08. The Labute approximate surface area is 129 Å². The molecule has 1 aromatic rings. The van der Waals surface area contributed by atoms with Gasteiger partial charge in [-0.3, -0.25) is 4.79 Å². The summed E-state index contributed by atoms with van der Waals surface area (Å²) in [5, 5.41) is 2.73. The van der Waals surface area contributed by atoms with Gasteiger partial charge in [-0.25, -0.2) is 9.78 Å². The predicted octanol–water partition coefficient (Wildman–Crippen LogP) is 0.327. The molecule has 0 unspecified atom stereocenters. The van der Waals surface area contributed by atoms with Crippen LogP contribution in [0, 0.1) is 5.92 Å². The number of pyridine rings is 1. The summed E-state index contributed by atoms with van der Waals surface area (Å²) in [6.07, 6.45) is 2.59. The standard InChI is InChI=1S/C15H20N2O5/c1-20-13-4-3-10(8-16-13)7-12(15(19)21-2)17-14(18)11-5-6-22-9-11/h3-4,8,11-12H,5-7,9H2,1-2H3,(H,17,18)/t11-,12+/m0/s1. The van der Waals surface area contributed by atoms with Crippen molar-refractivity contribution in [1.29, 1.82) is 0 Å². The summed E-state index contributed by atoms with van der Waals surface area (Å²) in [4.78, 5) is 28.1. The third-order valence-electron chi connectivity index (χ3n) is 3.55. The Morgan fingerprint density at radius 1 is 1.45 bits per heavy atom. The van der Waals surface area contributed by atoms with Gasteiger partial charge in [0.25, 0.3) is 0 Å². The van der Waals surface area contributed by atoms with E-state index in [0.29, 0.717) is 31.9 Å². The highest BCUT2D eigenvalue weighted by Crippen LogP contribution is 2.14. The van der Waals surface area contributed by atoms with E-state index in [1.54, 1.807) is 18.3 Å². The van der Waals surface area contributed by atoms with Crippen molar-refractivity contribution in [3.63, 3.8) is 0 Å². The fourth-order valence-corrected chi connectivity index (χ4v) is 2.25. The molecule has 0 aliphatic carbocycles. The van der Waals surface area contributed by atoms with Gasteiger partial charge < -0.3 is 19.5 Å². The van der Waals surface area contributed by atoms with Gasteiger partial charge in [-0.05, 0) is 12.0 Å². The van der Waals surface area contributed by atoms with Crippen molar-refractivity contribution in [3.05, 3.63) is 23.9 Å². The van der Waals surface area contributed by atoms with E-state index in [-0.39, 0.29) is 11.8 Å². The SMILES string of the molecule is COC(=O)[C@@H](Cc1ccc(OC)nc1)NC(=O)[C@H]1CCOC1. The number of carbonyl (C=O) groups is 2. The number of hydrogen-bond acceptors (Lipinski definition) is 6. The van der Waals surface area contributed by atoms with E-state index in [1.807, 2.05) is 0 Å². The van der Waals surface area contributed by atoms with Crippen molar-refractivity contribution in [2.75, 3.05) is 27.4 Å². The molecule has 0 radical (unpaired) electrons. The van der Waals surface area contributed by atoms with Gasteiger partial charge >= 0.3 is 5.97 Å². The second kappa shape index (κ2) is 7.74. The zero-order valence-electron chi connectivity index (χ0n) is 12.7. The molecule has 0 bridgehead atoms. The molecule has 22 heavy (non-hydrogen) atoms. The van der Waals surface area contributed by atoms with E-state index in [0.717, 1.165) is 5.56 Å². The molecule has 120 valence electrons. The average molecular weight is 308 g/mol. The van der Waals surface area contributed by atoms with Gasteiger partial charge in [-0.15, -0.1) is 0 Å². The van der Waals surface area contributed by atoms with Gasteiger partial charge in [-0.1, -0.05) is 6.07 Å². The van der Waals surface area contributed by atoms with Gasteiger partial charge in [0, 0.05) is 25.3 Å². The zero-order valence-corrected chi connectivity index (χ0v) is 12.7. The van der Waals surface area contributed by atoms with E-state index in [1.165, 1.54) is 14.2 Å². The molecule has 2 atom stereocenters. The second-order valence-electron chi connectivity index (χ2n) is 5.06. The molecule has 7 nitrogen and oxygen atoms in total. The lowest BCUT2D eigenvalue weighted by molar-refractivity contribution is -0.145. The molecule has 1 aliphatic heterocycles. The Hall–Kier alpha value is -2.15. The topological polar surface area (TPSA) is 86.8 Å². The van der Waals surface area contributed by atoms with Crippen LogP contribution in [0.1, 0.15) is 12.0 Å². The Morgan fingerprint density at radius 2 is 2.27 bits per heavy atom. The summed E-state index contributed by atoms with van der Waals surface area (Å²) in [7, 11) is 2.83. The van der Waals surface area contributed by atoms with Crippen molar-refractivity contribution in [3.8, 4) is 5.88 Å². The van der Waals surface area contributed by atoms with Crippen LogP contribution in [0.5, 0.6) is 5.88 Å². The van der Waals surface area contributed by atoms with Crippen molar-refractivity contribution in [2.24, 2.45) is 5.92 Å². The first-order chi connectivity index (χ1) is 10.6. The number of hydrogen-bond donors (Lipinski definition) is 1. The molecular formula is C15H20N2O5. The van der Waals surface area contributed by atoms with Crippen molar-refractivity contribution in [2.45, 2.75) is 18.9 Å². The Balaban J connectivity index is 2.01. The van der Waals surface area contributed by atoms with Crippen LogP contribution < -0.4 is 10.1 Å². The number of carbonyl (C=O) groups excluding carboxylic acids is 2. The Kier molecular flexibility index (Phi) is 5.71. The van der Waals surface area contributed by atoms with E-state index in [4.69, 9.17) is 14.2 Å². The van der Waals surface area contributed by atoms with Crippen LogP contribution in [0.3, 0.4) is 0 Å². The maximum absolute atomic E-state index is 12.1. The third kappa shape index (κ3) is 4.17. The van der Waals surface area contributed by atoms with Crippen molar-refractivity contribution >= 4 is 11.9 Å². The summed E-state index contributed by atoms with van der Waals surface area (Å²) < 4.78 is 14.9. The molecule has 1 aromatic heterocycles. The number of amides is 1. The minimum Gasteiger partial charge on any atom is -0.481 e. The number of rotatable bonds is 6. The second-order valence-corrected chi connectivity index (χ2v) is 5.06. The number of nitrogens with one attached hydrogen (secondary N) is 1. The molecule has 2 heterocycles. The summed E-state index contributed by atoms with van der Waals surface area (Å²) in [5.41, 5.74) is 0.805. The molecule has 1 saturated heterocycles. The minimum absolute atomic E-state index is 0.186. The molecule has 1 aliphatic rings. The number of nitrogens with zero attached hydrogens (tertiary/aromatic N) is 1. The van der Waals surface area contributed by atoms with Crippen LogP contribution >= 0.6 is 0 Å². The molecule has 2 rings (SSSR count). The van der Waals surface area contributed by atoms with Crippen LogP contribution in [-0.2, 0) is 25.5 Å². The quantitative estimate of drug-likeness (QED) is 0.762. The highest BCUT2D eigenvalue weighted by molar-refractivity contribution is 5.86. The van der Waals surface area contributed by atoms with Crippen LogP contribution in [0.4, 0.5) is 0 Å². The Bertz CT molecular complexity index is 511. The first kappa shape index (κ1) is 16.2. The van der Waals surface area contributed by atoms with E-state index in [9.17, 15) is 9.59 Å². The highest BCUT2D eigenvalue weighted by atomic mass is 16.5. The molecule has 0 spiro atoms. The minimum atomic E-state index is -0.742. The summed E-state index contributed by atoms with van der Waals surface area (Å²) in [5.74, 6) is -0.385. The Morgan fingerprint density at radius 3 is 2.82 bits per heavy atom. The molecule has 7 heteroatoms. The molecular weight excluding hydrogens is 288 g/mol. The molecule has 0 aromatic carbocycles. The fourth-order valence-electron chi connectivity index (χ4n) is 2.25. The highest BCUT2D eigenvalue weighted by Gasteiger charge is 2.28. The predicted molar refractivity (Wildman–Crippen MR) is 77.4 cm³/mol. The lowest BCUT2D eigenvalue weighted by Crippen LogP contribution is -2.45. The van der Waals surface area contributed by atoms with E-state index >= 15 is 0 Å². The number of esters is 1. The normalized spacial score (nSPS) is 18.5. The number of aromatic nitrogens is 1. The summed E-state index contributed by atoms with van der Waals surface area (Å²) in [6.45, 7) is 0.965. The van der Waals surface area contributed by atoms with Crippen molar-refractivity contribution < 1.29 is 23.8 Å². The first-order valence-corrected chi connectivity index (χ1v) is 7.09. The lowest BCUT2D eigenvalue weighted by Gasteiger charge is -2.18. The fraction of sp³-hybridized carbons (Fsp3) is 0.533. The molecule has 0 saturated carbocycles. The van der Waals surface area contributed by atoms with E-state index < -0.39 is 12.0 Å². The van der Waals surface area contributed by atoms with Crippen LogP contribution in [-0.4, -0.2) is 50.3 Å². The van der Waals surface area contributed by atoms with Gasteiger partial charge in [0.15, 0.2) is 0 Å². The summed E-state index contributed by atoms with van der Waals surface area (Å²) >= 11 is 0. The monoisotopic (exact) mass is 308 g/mol. The maximum atomic E-state index is 12.1. The maximum Gasteiger partial charge on any atom is 0.328 e. The van der Waals surface area contributed by atoms with E-state index in [2.05, 4.69) is 10.3 Å². The van der Waals surface area contributed by atoms with Gasteiger partial charge in [-0.2, -0.15) is 0 Å². The first-order valence-electron chi connectivity index (χ1n) is 7.09. The molecule has 1 amide bonds. The number of ether oxygens (including phenoxy) is 3. The third-order valence-corrected chi connectivity index (χ3v) is 3.55. The smallest absolute Gasteiger partial charge is 0.328 e. The number of methoxy groups -OCH3 is 2. The zero-order chi connectivity index (χ0) is 15.9. The van der Waals surface area contributed by atoms with Crippen molar-refractivity contribution in [1.82, 2.24) is 10.3 Å². The molecule has 1 fully saturated rings. The van der Waals surface area contributed by atoms with Crippen LogP contribution in [0.25, 0.3) is 0 Å². The van der Waals surface area contributed by atoms with Crippen LogP contribution in [0.2, 0.25) is 0 Å². The largest absolute Gasteiger partial charge is 0.481 e.